The molecule has 587 valence electrons. The average molecular weight is 1890 g/mol. The minimum absolute atomic E-state index is 0. The number of aldehydes is 2. The van der Waals surface area contributed by atoms with Crippen molar-refractivity contribution < 1.29 is 80.3 Å². The number of allylic oxidation sites excluding steroid dienone is 6. The molecule has 1 saturated carbocycles. The van der Waals surface area contributed by atoms with Crippen LogP contribution >= 0.6 is 148 Å². The molecule has 5 aliphatic carbocycles. The molecule has 27 heteroatoms. The molecule has 6 N–H and O–H groups in total. The molecule has 4 aromatic rings. The van der Waals surface area contributed by atoms with Crippen LogP contribution in [-0.2, 0) is 19.1 Å². The Bertz CT molecular complexity index is 3280. The van der Waals surface area contributed by atoms with Gasteiger partial charge in [0.15, 0.2) is 4.30 Å². The number of alkyl halides is 3. The summed E-state index contributed by atoms with van der Waals surface area (Å²) in [7, 11) is -0.405. The Labute approximate surface area is 729 Å². The third kappa shape index (κ3) is 46.7. The molecule has 6 aliphatic rings. The SMILES string of the molecule is BrP(Br)Br.CC(C)(C)OC(=O)N1CCNCC1.CC1(C)CCC(C=O)=C(Br)C1.CC1(C)CCC(C=O)=C(c2ccc(Cl)cc2)C1.CC1(C)CCC(CO)=C(c2ccc(Cl)cc2)C1.CC1(C)CCC(CO)=C(c2ccc(Cl)cc2)C1.CC1(C)CCCC(=O)C1.CO.ClC(Cl)Cl.OB(O)c1ccc(Cl)cc1.[B].[H-].[Na+]. The first-order valence-electron chi connectivity index (χ1n) is 34.7. The normalized spacial score (nSPS) is 17.9. The van der Waals surface area contributed by atoms with Crippen LogP contribution in [0.2, 0.25) is 20.1 Å². The van der Waals surface area contributed by atoms with Gasteiger partial charge in [-0.1, -0.05) is 215 Å². The number of halogens is 11. The maximum Gasteiger partial charge on any atom is 1.00 e. The molecule has 1 amide bonds. The number of carbonyl (C=O) groups excluding carboxylic acids is 4. The zero-order valence-electron chi connectivity index (χ0n) is 65.5. The first-order valence-corrected chi connectivity index (χ1v) is 45.7. The Morgan fingerprint density at radius 3 is 1.18 bits per heavy atom. The molecule has 1 saturated heterocycles. The predicted octanol–water partition coefficient (Wildman–Crippen LogP) is 20.9. The molecule has 2 fully saturated rings. The van der Waals surface area contributed by atoms with Gasteiger partial charge in [0, 0.05) is 84.7 Å². The third-order valence-corrected chi connectivity index (χ3v) is 19.5. The second kappa shape index (κ2) is 54.3. The van der Waals surface area contributed by atoms with E-state index >= 15 is 0 Å². The Kier molecular flexibility index (Phi) is 55.0. The minimum atomic E-state index is -1.41. The monoisotopic (exact) mass is 1890 g/mol. The van der Waals surface area contributed by atoms with Crippen molar-refractivity contribution in [3.63, 3.8) is 0 Å². The molecule has 10 rings (SSSR count). The second-order valence-electron chi connectivity index (χ2n) is 30.8. The summed E-state index contributed by atoms with van der Waals surface area (Å²) in [5.41, 5.74) is 13.3. The summed E-state index contributed by atoms with van der Waals surface area (Å²) in [4.78, 5) is 45.7. The van der Waals surface area contributed by atoms with E-state index in [1.807, 2.05) is 69.3 Å². The number of Topliss-reactive ketones (excluding diaryl/α,β-unsaturated/α-hetero) is 1. The summed E-state index contributed by atoms with van der Waals surface area (Å²) in [5.74, 6) is 0.450. The molecule has 0 unspecified atom stereocenters. The molecule has 0 bridgehead atoms. The van der Waals surface area contributed by atoms with Gasteiger partial charge in [-0.25, -0.2) is 4.79 Å². The number of aliphatic hydroxyl groups is 3. The van der Waals surface area contributed by atoms with E-state index in [2.05, 4.69) is 161 Å². The topological polar surface area (TPSA) is 194 Å². The fourth-order valence-electron chi connectivity index (χ4n) is 11.9. The van der Waals surface area contributed by atoms with Gasteiger partial charge in [0.05, 0.1) is 13.2 Å². The van der Waals surface area contributed by atoms with Crippen LogP contribution in [0.25, 0.3) is 16.7 Å². The summed E-state index contributed by atoms with van der Waals surface area (Å²) in [6.07, 6.45) is 18.1. The summed E-state index contributed by atoms with van der Waals surface area (Å²) < 4.78 is 5.40. The van der Waals surface area contributed by atoms with Crippen LogP contribution in [-0.4, -0.2) is 127 Å². The molecule has 12 nitrogen and oxygen atoms in total. The maximum atomic E-state index is 11.5. The van der Waals surface area contributed by atoms with Gasteiger partial charge < -0.3 is 41.7 Å². The van der Waals surface area contributed by atoms with Crippen molar-refractivity contribution >= 4 is 210 Å². The van der Waals surface area contributed by atoms with E-state index in [9.17, 15) is 29.4 Å². The number of nitrogens with zero attached hydrogens (tertiary/aromatic N) is 1. The van der Waals surface area contributed by atoms with Gasteiger partial charge in [0.2, 0.25) is 0 Å². The Morgan fingerprint density at radius 2 is 0.877 bits per heavy atom. The van der Waals surface area contributed by atoms with Crippen molar-refractivity contribution in [1.82, 2.24) is 10.2 Å². The molecule has 0 aromatic heterocycles. The van der Waals surface area contributed by atoms with E-state index in [1.54, 1.807) is 29.2 Å². The number of nitrogens with one attached hydrogen (secondary N) is 1. The number of rotatable bonds is 8. The van der Waals surface area contributed by atoms with Gasteiger partial charge in [-0.2, -0.15) is 0 Å². The number of ether oxygens (including phenoxy) is 1. The maximum absolute atomic E-state index is 11.5. The van der Waals surface area contributed by atoms with Gasteiger partial charge in [0.1, 0.15) is 28.0 Å². The number of piperazine rings is 1. The predicted molar refractivity (Wildman–Crippen MR) is 467 cm³/mol. The standard InChI is InChI=1S/2C15H19ClO.C15H17ClO.C9H13BrO.C9H18N2O2.C8H14O.C6H6BClO2.CHCl3.CH4O.B.Br3P.Na.H/c3*1-15(2)8-7-12(10-17)14(9-15)11-3-5-13(16)6-4-11;1-9(2)4-3-7(6-11)8(10)5-9;1-9(2,3)13-8(12)11-6-4-10-5-7-11;1-8(2)5-3-4-7(9)6-8;8-6-3-1-5(2-4-6)7(9)10;2-1(3)4;1-2;;1-4(2)3;;/h2*3-6,17H,7-10H2,1-2H3;3-6,10H,7-9H2,1-2H3;6H,3-5H2,1-2H3;10H,4-7H2,1-3H3;3-6H2,1-2H3;1-4,9-10H;1H;2H,1H3;;;;/q;;;;;;;;;;;+1;-1. The summed E-state index contributed by atoms with van der Waals surface area (Å²) in [6.45, 7) is 31.7. The molecule has 0 atom stereocenters. The smallest absolute Gasteiger partial charge is 1.00 e. The van der Waals surface area contributed by atoms with Crippen LogP contribution in [0.15, 0.2) is 124 Å². The first kappa shape index (κ1) is 107. The van der Waals surface area contributed by atoms with Crippen LogP contribution < -0.4 is 40.3 Å². The zero-order chi connectivity index (χ0) is 79.4. The second-order valence-corrected chi connectivity index (χ2v) is 50.9. The van der Waals surface area contributed by atoms with Crippen molar-refractivity contribution in [3.05, 3.63) is 161 Å². The third-order valence-electron chi connectivity index (χ3n) is 17.7. The van der Waals surface area contributed by atoms with Crippen molar-refractivity contribution in [2.45, 2.75) is 203 Å². The quantitative estimate of drug-likeness (QED) is 0.0425. The van der Waals surface area contributed by atoms with Gasteiger partial charge >= 0.3 is 42.8 Å². The van der Waals surface area contributed by atoms with Crippen LogP contribution in [0.1, 0.15) is 211 Å². The van der Waals surface area contributed by atoms with Gasteiger partial charge in [-0.05, 0) is 288 Å². The average Bonchev–Trinajstić information content (AvgIpc) is 0.813. The van der Waals surface area contributed by atoms with Crippen LogP contribution in [0.5, 0.6) is 0 Å². The van der Waals surface area contributed by atoms with Crippen molar-refractivity contribution in [1.29, 1.82) is 0 Å². The van der Waals surface area contributed by atoms with Gasteiger partial charge in [-0.3, -0.25) is 14.4 Å². The van der Waals surface area contributed by atoms with Gasteiger partial charge in [0.25, 0.3) is 0 Å². The number of carbonyl (C=O) groups is 4. The number of hydrogen-bond donors (Lipinski definition) is 6. The Balaban J connectivity index is -0.00000116. The van der Waals surface area contributed by atoms with Crippen molar-refractivity contribution in [2.75, 3.05) is 46.5 Å². The zero-order valence-corrected chi connectivity index (χ0v) is 79.0. The molecule has 3 radical (unpaired) electrons. The number of benzene rings is 4. The van der Waals surface area contributed by atoms with E-state index in [0.29, 0.717) is 37.9 Å². The summed E-state index contributed by atoms with van der Waals surface area (Å²) >= 11 is 50.6. The van der Waals surface area contributed by atoms with E-state index in [1.165, 1.54) is 45.4 Å². The summed E-state index contributed by atoms with van der Waals surface area (Å²) in [5, 5.41) is 49.2. The number of amides is 1. The van der Waals surface area contributed by atoms with E-state index in [-0.39, 0.29) is 73.7 Å². The van der Waals surface area contributed by atoms with Crippen molar-refractivity contribution in [3.8, 4) is 0 Å². The minimum Gasteiger partial charge on any atom is -1.00 e. The Morgan fingerprint density at radius 1 is 0.566 bits per heavy atom. The first-order chi connectivity index (χ1) is 48.3. The molecule has 106 heavy (non-hydrogen) atoms. The number of ketones is 1. The summed E-state index contributed by atoms with van der Waals surface area (Å²) in [6, 6.07) is 30.0. The van der Waals surface area contributed by atoms with Crippen LogP contribution in [0, 0.1) is 27.1 Å². The Hall–Kier alpha value is -0.610. The van der Waals surface area contributed by atoms with Gasteiger partial charge in [-0.15, -0.1) is 0 Å². The fourth-order valence-corrected chi connectivity index (χ4v) is 13.5. The number of aliphatic hydroxyl groups excluding tert-OH is 3. The van der Waals surface area contributed by atoms with Crippen LogP contribution in [0.3, 0.4) is 0 Å². The van der Waals surface area contributed by atoms with Crippen molar-refractivity contribution in [2.24, 2.45) is 27.1 Å². The molecular weight excluding hydrogens is 1780 g/mol. The largest absolute Gasteiger partial charge is 1.00 e. The van der Waals surface area contributed by atoms with E-state index in [0.717, 1.165) is 178 Å². The van der Waals surface area contributed by atoms with Crippen LogP contribution in [0.4, 0.5) is 4.79 Å². The molecule has 1 heterocycles. The fraction of sp³-hybridized carbons (Fsp3) is 0.544. The van der Waals surface area contributed by atoms with E-state index < -0.39 is 11.4 Å². The molecule has 0 spiro atoms. The number of hydrogen-bond acceptors (Lipinski definition) is 11. The molecular formula is C79H112B2Br4Cl7N2NaO10P. The molecule has 1 aliphatic heterocycles. The molecule has 4 aromatic carbocycles. The van der Waals surface area contributed by atoms with E-state index in [4.69, 9.17) is 101 Å².